The molecule has 2 aromatic rings. The first-order chi connectivity index (χ1) is 11.2. The average Bonchev–Trinajstić information content (AvgIpc) is 3.18. The number of aryl methyl sites for hydroxylation is 2. The molecular weight excluding hydrogens is 298 g/mol. The Kier molecular flexibility index (Phi) is 4.40. The van der Waals surface area contributed by atoms with Gasteiger partial charge in [0.05, 0.1) is 24.8 Å². The maximum Gasteiger partial charge on any atom is 0.273 e. The van der Waals surface area contributed by atoms with Crippen LogP contribution in [0.5, 0.6) is 0 Å². The van der Waals surface area contributed by atoms with E-state index >= 15 is 0 Å². The predicted octanol–water partition coefficient (Wildman–Crippen LogP) is 0.464. The maximum atomic E-state index is 12.3. The van der Waals surface area contributed by atoms with Crippen molar-refractivity contribution >= 4 is 11.8 Å². The zero-order valence-electron chi connectivity index (χ0n) is 12.9. The Labute approximate surface area is 133 Å². The molecule has 1 aliphatic heterocycles. The van der Waals surface area contributed by atoms with Crippen LogP contribution in [0.4, 0.5) is 0 Å². The summed E-state index contributed by atoms with van der Waals surface area (Å²) >= 11 is 0. The smallest absolute Gasteiger partial charge is 0.273 e. The molecule has 0 atom stereocenters. The van der Waals surface area contributed by atoms with Gasteiger partial charge in [-0.2, -0.15) is 0 Å². The van der Waals surface area contributed by atoms with Gasteiger partial charge >= 0.3 is 0 Å². The molecule has 1 saturated heterocycles. The first-order valence-electron chi connectivity index (χ1n) is 7.65. The Balaban J connectivity index is 1.42. The molecule has 0 aromatic carbocycles. The summed E-state index contributed by atoms with van der Waals surface area (Å²) in [6.07, 6.45) is 5.78. The summed E-state index contributed by atoms with van der Waals surface area (Å²) in [6, 6.07) is 1.86. The van der Waals surface area contributed by atoms with Gasteiger partial charge in [-0.3, -0.25) is 9.59 Å². The SMILES string of the molecule is CCn1nncc1C(=O)N1CC(NC(=O)CCc2ccoc2)C1. The van der Waals surface area contributed by atoms with E-state index < -0.39 is 0 Å². The van der Waals surface area contributed by atoms with Gasteiger partial charge in [-0.25, -0.2) is 4.68 Å². The number of nitrogens with zero attached hydrogens (tertiary/aromatic N) is 4. The topological polar surface area (TPSA) is 93.3 Å². The summed E-state index contributed by atoms with van der Waals surface area (Å²) in [6.45, 7) is 3.55. The van der Waals surface area contributed by atoms with E-state index in [2.05, 4.69) is 15.6 Å². The minimum atomic E-state index is -0.0965. The molecule has 1 N–H and O–H groups in total. The van der Waals surface area contributed by atoms with E-state index in [0.29, 0.717) is 38.2 Å². The van der Waals surface area contributed by atoms with Crippen LogP contribution in [0.25, 0.3) is 0 Å². The molecule has 8 nitrogen and oxygen atoms in total. The van der Waals surface area contributed by atoms with Gasteiger partial charge in [0, 0.05) is 26.1 Å². The average molecular weight is 317 g/mol. The van der Waals surface area contributed by atoms with Crippen molar-refractivity contribution in [1.29, 1.82) is 0 Å². The Morgan fingerprint density at radius 2 is 2.26 bits per heavy atom. The highest BCUT2D eigenvalue weighted by molar-refractivity contribution is 5.93. The number of carbonyl (C=O) groups is 2. The van der Waals surface area contributed by atoms with Crippen LogP contribution in [0, 0.1) is 0 Å². The fourth-order valence-corrected chi connectivity index (χ4v) is 2.55. The molecule has 8 heteroatoms. The van der Waals surface area contributed by atoms with Gasteiger partial charge in [0.25, 0.3) is 5.91 Å². The lowest BCUT2D eigenvalue weighted by molar-refractivity contribution is -0.122. The van der Waals surface area contributed by atoms with Crippen molar-refractivity contribution in [1.82, 2.24) is 25.2 Å². The fraction of sp³-hybridized carbons (Fsp3) is 0.467. The lowest BCUT2D eigenvalue weighted by Gasteiger charge is -2.39. The molecule has 1 aliphatic rings. The summed E-state index contributed by atoms with van der Waals surface area (Å²) in [5.41, 5.74) is 1.49. The van der Waals surface area contributed by atoms with Crippen LogP contribution in [-0.2, 0) is 17.8 Å². The molecule has 0 radical (unpaired) electrons. The lowest BCUT2D eigenvalue weighted by atomic mass is 10.1. The Bertz CT molecular complexity index is 673. The summed E-state index contributed by atoms with van der Waals surface area (Å²) in [5, 5.41) is 10.5. The maximum absolute atomic E-state index is 12.3. The van der Waals surface area contributed by atoms with E-state index in [1.807, 2.05) is 13.0 Å². The molecule has 2 amide bonds. The number of carbonyl (C=O) groups excluding carboxylic acids is 2. The van der Waals surface area contributed by atoms with E-state index in [9.17, 15) is 9.59 Å². The Morgan fingerprint density at radius 3 is 2.96 bits per heavy atom. The van der Waals surface area contributed by atoms with Gasteiger partial charge in [-0.15, -0.1) is 5.10 Å². The summed E-state index contributed by atoms with van der Waals surface area (Å²) in [7, 11) is 0. The van der Waals surface area contributed by atoms with Crippen molar-refractivity contribution in [3.8, 4) is 0 Å². The highest BCUT2D eigenvalue weighted by Gasteiger charge is 2.33. The first kappa shape index (κ1) is 15.3. The van der Waals surface area contributed by atoms with Gasteiger partial charge < -0.3 is 14.6 Å². The van der Waals surface area contributed by atoms with E-state index in [0.717, 1.165) is 5.56 Å². The number of amides is 2. The van der Waals surface area contributed by atoms with Crippen LogP contribution in [0.3, 0.4) is 0 Å². The number of rotatable bonds is 6. The Hall–Kier alpha value is -2.64. The second-order valence-corrected chi connectivity index (χ2v) is 5.54. The van der Waals surface area contributed by atoms with Crippen molar-refractivity contribution in [3.63, 3.8) is 0 Å². The molecular formula is C15H19N5O3. The Morgan fingerprint density at radius 1 is 1.43 bits per heavy atom. The molecule has 0 aliphatic carbocycles. The number of hydrogen-bond acceptors (Lipinski definition) is 5. The molecule has 3 heterocycles. The summed E-state index contributed by atoms with van der Waals surface area (Å²) in [4.78, 5) is 25.8. The molecule has 0 unspecified atom stereocenters. The zero-order valence-corrected chi connectivity index (χ0v) is 12.9. The van der Waals surface area contributed by atoms with Crippen molar-refractivity contribution in [3.05, 3.63) is 36.0 Å². The largest absolute Gasteiger partial charge is 0.472 e. The number of nitrogens with one attached hydrogen (secondary N) is 1. The molecule has 0 saturated carbocycles. The molecule has 1 fully saturated rings. The van der Waals surface area contributed by atoms with Gasteiger partial charge in [0.15, 0.2) is 0 Å². The summed E-state index contributed by atoms with van der Waals surface area (Å²) in [5.74, 6) is -0.107. The highest BCUT2D eigenvalue weighted by atomic mass is 16.3. The highest BCUT2D eigenvalue weighted by Crippen LogP contribution is 2.13. The lowest BCUT2D eigenvalue weighted by Crippen LogP contribution is -2.61. The van der Waals surface area contributed by atoms with E-state index in [1.54, 1.807) is 22.1 Å². The molecule has 122 valence electrons. The van der Waals surface area contributed by atoms with Gasteiger partial charge in [0.2, 0.25) is 5.91 Å². The zero-order chi connectivity index (χ0) is 16.2. The third-order valence-corrected chi connectivity index (χ3v) is 3.89. The first-order valence-corrected chi connectivity index (χ1v) is 7.65. The second kappa shape index (κ2) is 6.64. The fourth-order valence-electron chi connectivity index (χ4n) is 2.55. The molecule has 3 rings (SSSR count). The van der Waals surface area contributed by atoms with Gasteiger partial charge in [-0.05, 0) is 25.0 Å². The molecule has 23 heavy (non-hydrogen) atoms. The normalized spacial score (nSPS) is 14.6. The van der Waals surface area contributed by atoms with E-state index in [1.165, 1.54) is 6.20 Å². The molecule has 0 spiro atoms. The molecule has 0 bridgehead atoms. The van der Waals surface area contributed by atoms with Crippen LogP contribution >= 0.6 is 0 Å². The number of likely N-dealkylation sites (tertiary alicyclic amines) is 1. The van der Waals surface area contributed by atoms with Crippen molar-refractivity contribution in [2.45, 2.75) is 32.4 Å². The van der Waals surface area contributed by atoms with Gasteiger partial charge in [0.1, 0.15) is 5.69 Å². The van der Waals surface area contributed by atoms with Crippen LogP contribution in [0.15, 0.2) is 29.2 Å². The molecule has 2 aromatic heterocycles. The monoisotopic (exact) mass is 317 g/mol. The van der Waals surface area contributed by atoms with E-state index in [-0.39, 0.29) is 17.9 Å². The third kappa shape index (κ3) is 3.41. The van der Waals surface area contributed by atoms with Crippen LogP contribution in [0.1, 0.15) is 29.4 Å². The van der Waals surface area contributed by atoms with Crippen molar-refractivity contribution in [2.24, 2.45) is 0 Å². The minimum absolute atomic E-state index is 0.0106. The van der Waals surface area contributed by atoms with Crippen molar-refractivity contribution < 1.29 is 14.0 Å². The third-order valence-electron chi connectivity index (χ3n) is 3.89. The van der Waals surface area contributed by atoms with E-state index in [4.69, 9.17) is 4.42 Å². The summed E-state index contributed by atoms with van der Waals surface area (Å²) < 4.78 is 6.54. The predicted molar refractivity (Wildman–Crippen MR) is 80.6 cm³/mol. The van der Waals surface area contributed by atoms with Crippen LogP contribution in [0.2, 0.25) is 0 Å². The minimum Gasteiger partial charge on any atom is -0.472 e. The number of furan rings is 1. The second-order valence-electron chi connectivity index (χ2n) is 5.54. The standard InChI is InChI=1S/C15H19N5O3/c1-2-20-13(7-16-18-20)15(22)19-8-12(9-19)17-14(21)4-3-11-5-6-23-10-11/h5-7,10,12H,2-4,8-9H2,1H3,(H,17,21). The van der Waals surface area contributed by atoms with Crippen LogP contribution in [-0.4, -0.2) is 50.8 Å². The number of hydrogen-bond donors (Lipinski definition) is 1. The quantitative estimate of drug-likeness (QED) is 0.835. The van der Waals surface area contributed by atoms with Crippen LogP contribution < -0.4 is 5.32 Å². The van der Waals surface area contributed by atoms with Gasteiger partial charge in [-0.1, -0.05) is 5.21 Å². The number of aromatic nitrogens is 3. The van der Waals surface area contributed by atoms with Crippen molar-refractivity contribution in [2.75, 3.05) is 13.1 Å².